The van der Waals surface area contributed by atoms with Crippen LogP contribution in [0.3, 0.4) is 0 Å². The summed E-state index contributed by atoms with van der Waals surface area (Å²) in [5, 5.41) is 2.27. The summed E-state index contributed by atoms with van der Waals surface area (Å²) in [6.45, 7) is 2.98. The van der Waals surface area contributed by atoms with Crippen molar-refractivity contribution < 1.29 is 13.6 Å². The fourth-order valence-corrected chi connectivity index (χ4v) is 0.874. The zero-order chi connectivity index (χ0) is 11.6. The maximum Gasteiger partial charge on any atom is 0.243 e. The van der Waals surface area contributed by atoms with Crippen LogP contribution in [0.1, 0.15) is 13.8 Å². The maximum atomic E-state index is 13.1. The van der Waals surface area contributed by atoms with Crippen molar-refractivity contribution in [2.45, 2.75) is 19.4 Å². The first kappa shape index (κ1) is 11.6. The van der Waals surface area contributed by atoms with E-state index in [1.54, 1.807) is 0 Å². The van der Waals surface area contributed by atoms with Crippen LogP contribution in [-0.2, 0) is 4.79 Å². The predicted octanol–water partition coefficient (Wildman–Crippen LogP) is 1.64. The van der Waals surface area contributed by atoms with Crippen LogP contribution in [0.4, 0.5) is 14.5 Å². The molecule has 0 spiro atoms. The minimum atomic E-state index is -1.11. The van der Waals surface area contributed by atoms with E-state index in [-0.39, 0.29) is 5.69 Å². The predicted molar refractivity (Wildman–Crippen MR) is 53.3 cm³/mol. The molecule has 0 saturated carbocycles. The van der Waals surface area contributed by atoms with Crippen LogP contribution in [0.25, 0.3) is 0 Å². The average Bonchev–Trinajstić information content (AvgIpc) is 2.08. The van der Waals surface area contributed by atoms with Crippen LogP contribution in [0.15, 0.2) is 18.2 Å². The monoisotopic (exact) mass is 214 g/mol. The van der Waals surface area contributed by atoms with E-state index < -0.39 is 23.1 Å². The maximum absolute atomic E-state index is 13.1. The molecule has 0 heterocycles. The van der Waals surface area contributed by atoms with E-state index >= 15 is 0 Å². The van der Waals surface area contributed by atoms with Gasteiger partial charge >= 0.3 is 0 Å². The van der Waals surface area contributed by atoms with Gasteiger partial charge in [0.25, 0.3) is 0 Å². The largest absolute Gasteiger partial charge is 0.322 e. The molecule has 1 aromatic rings. The average molecular weight is 214 g/mol. The van der Waals surface area contributed by atoms with Crippen molar-refractivity contribution in [1.82, 2.24) is 0 Å². The number of benzene rings is 1. The molecule has 0 aromatic heterocycles. The number of carbonyl (C=O) groups is 1. The Labute approximate surface area is 86.3 Å². The van der Waals surface area contributed by atoms with Gasteiger partial charge in [-0.05, 0) is 26.0 Å². The first-order valence-electron chi connectivity index (χ1n) is 4.36. The second-order valence-corrected chi connectivity index (χ2v) is 3.80. The topological polar surface area (TPSA) is 55.1 Å². The number of carbonyl (C=O) groups excluding carboxylic acids is 1. The Bertz CT molecular complexity index is 385. The number of anilines is 1. The lowest BCUT2D eigenvalue weighted by atomic mass is 10.1. The number of hydrogen-bond donors (Lipinski definition) is 2. The van der Waals surface area contributed by atoms with Crippen molar-refractivity contribution in [3.8, 4) is 0 Å². The van der Waals surface area contributed by atoms with Crippen molar-refractivity contribution in [2.75, 3.05) is 5.32 Å². The fraction of sp³-hybridized carbons (Fsp3) is 0.300. The zero-order valence-electron chi connectivity index (χ0n) is 8.47. The zero-order valence-corrected chi connectivity index (χ0v) is 8.47. The van der Waals surface area contributed by atoms with E-state index in [0.29, 0.717) is 6.07 Å². The summed E-state index contributed by atoms with van der Waals surface area (Å²) in [6.07, 6.45) is 0. The van der Waals surface area contributed by atoms with Crippen molar-refractivity contribution >= 4 is 11.6 Å². The van der Waals surface area contributed by atoms with Crippen LogP contribution in [0, 0.1) is 11.6 Å². The van der Waals surface area contributed by atoms with Crippen molar-refractivity contribution in [3.63, 3.8) is 0 Å². The van der Waals surface area contributed by atoms with Gasteiger partial charge in [-0.25, -0.2) is 8.78 Å². The summed E-state index contributed by atoms with van der Waals surface area (Å²) < 4.78 is 25.6. The highest BCUT2D eigenvalue weighted by molar-refractivity contribution is 5.97. The van der Waals surface area contributed by atoms with Crippen molar-refractivity contribution in [1.29, 1.82) is 0 Å². The van der Waals surface area contributed by atoms with Gasteiger partial charge in [0.1, 0.15) is 11.6 Å². The number of amides is 1. The van der Waals surface area contributed by atoms with Gasteiger partial charge in [0.2, 0.25) is 5.91 Å². The molecule has 0 bridgehead atoms. The molecule has 0 radical (unpaired) electrons. The molecular weight excluding hydrogens is 202 g/mol. The third kappa shape index (κ3) is 2.99. The Morgan fingerprint density at radius 3 is 2.47 bits per heavy atom. The van der Waals surface area contributed by atoms with Gasteiger partial charge < -0.3 is 11.1 Å². The molecular formula is C10H12F2N2O. The Kier molecular flexibility index (Phi) is 3.04. The van der Waals surface area contributed by atoms with Crippen molar-refractivity contribution in [2.24, 2.45) is 5.73 Å². The number of halogens is 2. The van der Waals surface area contributed by atoms with Crippen LogP contribution in [0.2, 0.25) is 0 Å². The second-order valence-electron chi connectivity index (χ2n) is 3.80. The molecule has 0 aliphatic carbocycles. The summed E-state index contributed by atoms with van der Waals surface area (Å²) in [6, 6.07) is 2.90. The molecule has 3 nitrogen and oxygen atoms in total. The van der Waals surface area contributed by atoms with Gasteiger partial charge in [0, 0.05) is 6.07 Å². The summed E-state index contributed by atoms with van der Waals surface area (Å²) >= 11 is 0. The van der Waals surface area contributed by atoms with Crippen LogP contribution < -0.4 is 11.1 Å². The summed E-state index contributed by atoms with van der Waals surface area (Å²) in [5.74, 6) is -2.06. The minimum absolute atomic E-state index is 0.0834. The normalized spacial score (nSPS) is 11.3. The van der Waals surface area contributed by atoms with Crippen molar-refractivity contribution in [3.05, 3.63) is 29.8 Å². The van der Waals surface area contributed by atoms with Gasteiger partial charge in [0.05, 0.1) is 11.2 Å². The number of nitrogens with one attached hydrogen (secondary N) is 1. The van der Waals surface area contributed by atoms with Crippen LogP contribution >= 0.6 is 0 Å². The Morgan fingerprint density at radius 2 is 2.00 bits per heavy atom. The molecule has 82 valence electrons. The van der Waals surface area contributed by atoms with Gasteiger partial charge in [0.15, 0.2) is 0 Å². The molecule has 0 fully saturated rings. The third-order valence-electron chi connectivity index (χ3n) is 1.76. The summed E-state index contributed by atoms with van der Waals surface area (Å²) in [7, 11) is 0. The van der Waals surface area contributed by atoms with Crippen LogP contribution in [-0.4, -0.2) is 11.4 Å². The highest BCUT2D eigenvalue weighted by Crippen LogP contribution is 2.16. The van der Waals surface area contributed by atoms with Gasteiger partial charge in [-0.15, -0.1) is 0 Å². The number of hydrogen-bond acceptors (Lipinski definition) is 2. The lowest BCUT2D eigenvalue weighted by molar-refractivity contribution is -0.120. The lowest BCUT2D eigenvalue weighted by Crippen LogP contribution is -2.45. The first-order valence-corrected chi connectivity index (χ1v) is 4.36. The molecule has 0 atom stereocenters. The Balaban J connectivity index is 2.87. The molecule has 1 amide bonds. The Hall–Kier alpha value is -1.49. The SMILES string of the molecule is CC(C)(N)C(=O)Nc1ccc(F)cc1F. The smallest absolute Gasteiger partial charge is 0.243 e. The molecule has 5 heteroatoms. The van der Waals surface area contributed by atoms with E-state index in [1.807, 2.05) is 0 Å². The van der Waals surface area contributed by atoms with Gasteiger partial charge in [-0.2, -0.15) is 0 Å². The standard InChI is InChI=1S/C10H12F2N2O/c1-10(2,13)9(15)14-8-4-3-6(11)5-7(8)12/h3-5H,13H2,1-2H3,(H,14,15). The van der Waals surface area contributed by atoms with Crippen LogP contribution in [0.5, 0.6) is 0 Å². The van der Waals surface area contributed by atoms with Gasteiger partial charge in [-0.1, -0.05) is 0 Å². The van der Waals surface area contributed by atoms with E-state index in [9.17, 15) is 13.6 Å². The molecule has 0 aliphatic rings. The van der Waals surface area contributed by atoms with Gasteiger partial charge in [-0.3, -0.25) is 4.79 Å². The number of rotatable bonds is 2. The first-order chi connectivity index (χ1) is 6.80. The molecule has 0 aliphatic heterocycles. The quantitative estimate of drug-likeness (QED) is 0.786. The highest BCUT2D eigenvalue weighted by atomic mass is 19.1. The summed E-state index contributed by atoms with van der Waals surface area (Å²) in [5.41, 5.74) is 4.30. The number of nitrogens with two attached hydrogens (primary N) is 1. The molecule has 0 unspecified atom stereocenters. The third-order valence-corrected chi connectivity index (χ3v) is 1.76. The molecule has 3 N–H and O–H groups in total. The molecule has 0 saturated heterocycles. The lowest BCUT2D eigenvalue weighted by Gasteiger charge is -2.17. The molecule has 15 heavy (non-hydrogen) atoms. The minimum Gasteiger partial charge on any atom is -0.322 e. The van der Waals surface area contributed by atoms with E-state index in [0.717, 1.165) is 12.1 Å². The highest BCUT2D eigenvalue weighted by Gasteiger charge is 2.22. The summed E-state index contributed by atoms with van der Waals surface area (Å²) in [4.78, 5) is 11.4. The van der Waals surface area contributed by atoms with E-state index in [1.165, 1.54) is 13.8 Å². The Morgan fingerprint density at radius 1 is 1.40 bits per heavy atom. The fourth-order valence-electron chi connectivity index (χ4n) is 0.874. The van der Waals surface area contributed by atoms with E-state index in [2.05, 4.69) is 5.32 Å². The molecule has 1 rings (SSSR count). The second kappa shape index (κ2) is 3.94. The molecule has 1 aromatic carbocycles. The van der Waals surface area contributed by atoms with E-state index in [4.69, 9.17) is 5.73 Å².